The molecular weight excluding hydrogens is 268 g/mol. The first-order valence-electron chi connectivity index (χ1n) is 6.19. The van der Waals surface area contributed by atoms with Crippen molar-refractivity contribution >= 4 is 15.9 Å². The van der Waals surface area contributed by atoms with Gasteiger partial charge in [0.05, 0.1) is 17.5 Å². The number of hydrogen-bond acceptors (Lipinski definition) is 4. The highest BCUT2D eigenvalue weighted by Crippen LogP contribution is 2.16. The zero-order valence-corrected chi connectivity index (χ0v) is 11.8. The second-order valence-corrected chi connectivity index (χ2v) is 7.12. The molecular formula is C12H18N2O4S. The van der Waals surface area contributed by atoms with Gasteiger partial charge in [-0.15, -0.1) is 0 Å². The molecule has 1 aromatic heterocycles. The smallest absolute Gasteiger partial charge is 0.315 e. The Bertz CT molecular complexity index is 564. The minimum absolute atomic E-state index is 0.0225. The molecule has 2 N–H and O–H groups in total. The predicted molar refractivity (Wildman–Crippen MR) is 70.6 cm³/mol. The summed E-state index contributed by atoms with van der Waals surface area (Å²) in [6.07, 6.45) is 0.476. The van der Waals surface area contributed by atoms with Crippen LogP contribution in [0.15, 0.2) is 16.5 Å². The van der Waals surface area contributed by atoms with Crippen LogP contribution in [-0.4, -0.2) is 32.0 Å². The van der Waals surface area contributed by atoms with Crippen LogP contribution in [0.5, 0.6) is 0 Å². The van der Waals surface area contributed by atoms with E-state index >= 15 is 0 Å². The zero-order chi connectivity index (χ0) is 14.0. The molecule has 1 fully saturated rings. The van der Waals surface area contributed by atoms with Gasteiger partial charge < -0.3 is 15.1 Å². The third kappa shape index (κ3) is 3.73. The first-order valence-corrected chi connectivity index (χ1v) is 8.01. The Morgan fingerprint density at radius 3 is 2.74 bits per heavy atom. The van der Waals surface area contributed by atoms with Gasteiger partial charge in [-0.1, -0.05) is 0 Å². The monoisotopic (exact) mass is 286 g/mol. The fourth-order valence-corrected chi connectivity index (χ4v) is 3.76. The zero-order valence-electron chi connectivity index (χ0n) is 11.0. The quantitative estimate of drug-likeness (QED) is 0.872. The second kappa shape index (κ2) is 5.24. The Morgan fingerprint density at radius 1 is 1.47 bits per heavy atom. The lowest BCUT2D eigenvalue weighted by Crippen LogP contribution is -2.43. The van der Waals surface area contributed by atoms with Crippen LogP contribution in [0.25, 0.3) is 0 Å². The van der Waals surface area contributed by atoms with E-state index in [0.717, 1.165) is 5.76 Å². The summed E-state index contributed by atoms with van der Waals surface area (Å²) < 4.78 is 28.0. The van der Waals surface area contributed by atoms with Crippen LogP contribution in [-0.2, 0) is 9.84 Å². The Balaban J connectivity index is 1.85. The Morgan fingerprint density at radius 2 is 2.21 bits per heavy atom. The molecule has 1 aromatic rings. The van der Waals surface area contributed by atoms with Crippen LogP contribution in [0.4, 0.5) is 4.79 Å². The average Bonchev–Trinajstić information content (AvgIpc) is 2.85. The molecule has 1 aliphatic heterocycles. The number of urea groups is 1. The summed E-state index contributed by atoms with van der Waals surface area (Å²) in [4.78, 5) is 11.7. The number of carbonyl (C=O) groups is 1. The van der Waals surface area contributed by atoms with Crippen LogP contribution in [0.1, 0.15) is 30.9 Å². The molecule has 2 amide bonds. The minimum Gasteiger partial charge on any atom is -0.464 e. The number of furan rings is 1. The summed E-state index contributed by atoms with van der Waals surface area (Å²) in [5.74, 6) is 1.62. The number of nitrogens with one attached hydrogen (secondary N) is 2. The largest absolute Gasteiger partial charge is 0.464 e. The van der Waals surface area contributed by atoms with Gasteiger partial charge in [-0.3, -0.25) is 0 Å². The van der Waals surface area contributed by atoms with E-state index in [1.807, 2.05) is 19.9 Å². The van der Waals surface area contributed by atoms with Gasteiger partial charge in [0.25, 0.3) is 0 Å². The number of hydrogen-bond donors (Lipinski definition) is 2. The Kier molecular flexibility index (Phi) is 3.84. The van der Waals surface area contributed by atoms with Gasteiger partial charge in [0.1, 0.15) is 11.5 Å². The van der Waals surface area contributed by atoms with Crippen LogP contribution in [0.2, 0.25) is 0 Å². The summed E-state index contributed by atoms with van der Waals surface area (Å²) in [5, 5.41) is 5.40. The Labute approximate surface area is 112 Å². The molecule has 0 aromatic carbocycles. The lowest BCUT2D eigenvalue weighted by Gasteiger charge is -2.15. The van der Waals surface area contributed by atoms with E-state index in [9.17, 15) is 13.2 Å². The van der Waals surface area contributed by atoms with Crippen LogP contribution >= 0.6 is 0 Å². The van der Waals surface area contributed by atoms with Gasteiger partial charge >= 0.3 is 6.03 Å². The topological polar surface area (TPSA) is 88.4 Å². The summed E-state index contributed by atoms with van der Waals surface area (Å²) in [6.45, 7) is 3.64. The normalized spacial score (nSPS) is 22.9. The van der Waals surface area contributed by atoms with E-state index in [1.165, 1.54) is 0 Å². The van der Waals surface area contributed by atoms with Crippen molar-refractivity contribution in [2.75, 3.05) is 11.5 Å². The molecule has 0 unspecified atom stereocenters. The molecule has 0 aliphatic carbocycles. The third-order valence-corrected chi connectivity index (χ3v) is 4.87. The van der Waals surface area contributed by atoms with Gasteiger partial charge in [0.2, 0.25) is 0 Å². The second-order valence-electron chi connectivity index (χ2n) is 4.89. The molecule has 7 heteroatoms. The lowest BCUT2D eigenvalue weighted by molar-refractivity contribution is 0.233. The molecule has 19 heavy (non-hydrogen) atoms. The maximum atomic E-state index is 11.7. The molecule has 2 atom stereocenters. The van der Waals surface area contributed by atoms with Crippen molar-refractivity contribution in [3.63, 3.8) is 0 Å². The predicted octanol–water partition coefficient (Wildman–Crippen LogP) is 1.14. The van der Waals surface area contributed by atoms with E-state index < -0.39 is 9.84 Å². The first kappa shape index (κ1) is 13.9. The first-order chi connectivity index (χ1) is 8.85. The number of aryl methyl sites for hydroxylation is 1. The molecule has 2 heterocycles. The molecule has 0 bridgehead atoms. The van der Waals surface area contributed by atoms with Crippen molar-refractivity contribution in [1.82, 2.24) is 10.6 Å². The molecule has 106 valence electrons. The number of amides is 2. The summed E-state index contributed by atoms with van der Waals surface area (Å²) in [5.41, 5.74) is 0. The standard InChI is InChI=1S/C12H18N2O4S/c1-8-3-4-11(18-8)9(2)13-12(15)14-10-5-6-19(16,17)7-10/h3-4,9-10H,5-7H2,1-2H3,(H2,13,14,15)/t9-,10+/m1/s1. The molecule has 1 saturated heterocycles. The Hall–Kier alpha value is -1.50. The number of sulfone groups is 1. The van der Waals surface area contributed by atoms with Crippen molar-refractivity contribution in [2.24, 2.45) is 0 Å². The van der Waals surface area contributed by atoms with Crippen LogP contribution in [0.3, 0.4) is 0 Å². The molecule has 2 rings (SSSR count). The summed E-state index contributed by atoms with van der Waals surface area (Å²) in [6, 6.07) is 2.71. The van der Waals surface area contributed by atoms with Crippen molar-refractivity contribution in [2.45, 2.75) is 32.4 Å². The van der Waals surface area contributed by atoms with Gasteiger partial charge in [0, 0.05) is 6.04 Å². The van der Waals surface area contributed by atoms with Gasteiger partial charge in [-0.05, 0) is 32.4 Å². The minimum atomic E-state index is -2.98. The highest BCUT2D eigenvalue weighted by Gasteiger charge is 2.29. The fourth-order valence-electron chi connectivity index (χ4n) is 2.09. The third-order valence-electron chi connectivity index (χ3n) is 3.10. The maximum absolute atomic E-state index is 11.7. The molecule has 1 aliphatic rings. The van der Waals surface area contributed by atoms with E-state index in [1.54, 1.807) is 6.07 Å². The SMILES string of the molecule is Cc1ccc([C@@H](C)NC(=O)N[C@H]2CCS(=O)(=O)C2)o1. The summed E-state index contributed by atoms with van der Waals surface area (Å²) in [7, 11) is -2.98. The lowest BCUT2D eigenvalue weighted by atomic mass is 10.2. The van der Waals surface area contributed by atoms with Gasteiger partial charge in [0.15, 0.2) is 9.84 Å². The van der Waals surface area contributed by atoms with Crippen LogP contribution < -0.4 is 10.6 Å². The molecule has 0 radical (unpaired) electrons. The van der Waals surface area contributed by atoms with Gasteiger partial charge in [-0.2, -0.15) is 0 Å². The summed E-state index contributed by atoms with van der Waals surface area (Å²) >= 11 is 0. The molecule has 0 saturated carbocycles. The van der Waals surface area contributed by atoms with Gasteiger partial charge in [-0.25, -0.2) is 13.2 Å². The fraction of sp³-hybridized carbons (Fsp3) is 0.583. The number of carbonyl (C=O) groups excluding carboxylic acids is 1. The highest BCUT2D eigenvalue weighted by atomic mass is 32.2. The van der Waals surface area contributed by atoms with E-state index in [4.69, 9.17) is 4.42 Å². The van der Waals surface area contributed by atoms with Crippen LogP contribution in [0, 0.1) is 6.92 Å². The average molecular weight is 286 g/mol. The highest BCUT2D eigenvalue weighted by molar-refractivity contribution is 7.91. The molecule has 6 nitrogen and oxygen atoms in total. The molecule has 0 spiro atoms. The van der Waals surface area contributed by atoms with E-state index in [0.29, 0.717) is 12.2 Å². The number of rotatable bonds is 3. The van der Waals surface area contributed by atoms with Crippen molar-refractivity contribution in [3.05, 3.63) is 23.7 Å². The van der Waals surface area contributed by atoms with E-state index in [2.05, 4.69) is 10.6 Å². The van der Waals surface area contributed by atoms with Crippen molar-refractivity contribution in [1.29, 1.82) is 0 Å². The van der Waals surface area contributed by atoms with E-state index in [-0.39, 0.29) is 29.6 Å². The maximum Gasteiger partial charge on any atom is 0.315 e. The van der Waals surface area contributed by atoms with Crippen molar-refractivity contribution in [3.8, 4) is 0 Å². The van der Waals surface area contributed by atoms with Crippen molar-refractivity contribution < 1.29 is 17.6 Å².